The van der Waals surface area contributed by atoms with E-state index in [1.165, 1.54) is 12.1 Å². The minimum absolute atomic E-state index is 0.0513. The van der Waals surface area contributed by atoms with Gasteiger partial charge in [-0.05, 0) is 48.9 Å². The van der Waals surface area contributed by atoms with Crippen LogP contribution in [0, 0.1) is 5.92 Å². The third kappa shape index (κ3) is 4.59. The van der Waals surface area contributed by atoms with E-state index in [0.717, 1.165) is 42.6 Å². The van der Waals surface area contributed by atoms with Crippen LogP contribution in [-0.2, 0) is 17.5 Å². The number of aromatic nitrogens is 4. The Balaban J connectivity index is 1.62. The number of carbonyl (C=O) groups is 1. The van der Waals surface area contributed by atoms with Gasteiger partial charge in [0.25, 0.3) is 0 Å². The Morgan fingerprint density at radius 3 is 2.69 bits per heavy atom. The lowest BCUT2D eigenvalue weighted by atomic mass is 9.87. The zero-order valence-corrected chi connectivity index (χ0v) is 14.3. The number of hydrogen-bond donors (Lipinski definition) is 1. The van der Waals surface area contributed by atoms with E-state index in [2.05, 4.69) is 27.7 Å². The van der Waals surface area contributed by atoms with Crippen LogP contribution in [-0.4, -0.2) is 32.2 Å². The third-order valence-electron chi connectivity index (χ3n) is 4.57. The zero-order chi connectivity index (χ0) is 18.7. The molecule has 1 aliphatic carbocycles. The number of tetrazole rings is 1. The largest absolute Gasteiger partial charge is 0.416 e. The van der Waals surface area contributed by atoms with E-state index in [4.69, 9.17) is 0 Å². The molecule has 9 heteroatoms. The highest BCUT2D eigenvalue weighted by molar-refractivity contribution is 5.75. The van der Waals surface area contributed by atoms with Crippen LogP contribution in [0.4, 0.5) is 13.2 Å². The third-order valence-corrected chi connectivity index (χ3v) is 4.57. The van der Waals surface area contributed by atoms with Crippen LogP contribution in [0.1, 0.15) is 38.2 Å². The smallest absolute Gasteiger partial charge is 0.352 e. The van der Waals surface area contributed by atoms with Crippen molar-refractivity contribution in [3.8, 4) is 11.4 Å². The number of benzene rings is 1. The molecule has 1 N–H and O–H groups in total. The maximum absolute atomic E-state index is 12.8. The fourth-order valence-electron chi connectivity index (χ4n) is 3.07. The van der Waals surface area contributed by atoms with Gasteiger partial charge in [0.2, 0.25) is 11.7 Å². The van der Waals surface area contributed by atoms with E-state index in [1.54, 1.807) is 0 Å². The highest BCUT2D eigenvalue weighted by atomic mass is 19.4. The molecule has 1 heterocycles. The fourth-order valence-corrected chi connectivity index (χ4v) is 3.07. The van der Waals surface area contributed by atoms with Crippen LogP contribution in [0.15, 0.2) is 24.3 Å². The average Bonchev–Trinajstić information content (AvgIpc) is 3.05. The number of hydrogen-bond acceptors (Lipinski definition) is 4. The molecule has 1 aliphatic rings. The van der Waals surface area contributed by atoms with Crippen molar-refractivity contribution in [3.05, 3.63) is 29.8 Å². The SMILES string of the molecule is CC1CCC(NC(=O)Cn2nnc(-c3cccc(C(F)(F)F)c3)n2)CC1. The summed E-state index contributed by atoms with van der Waals surface area (Å²) in [6.07, 6.45) is -0.359. The normalized spacial score (nSPS) is 20.8. The van der Waals surface area contributed by atoms with Crippen molar-refractivity contribution in [2.75, 3.05) is 0 Å². The van der Waals surface area contributed by atoms with Gasteiger partial charge in [-0.1, -0.05) is 19.1 Å². The summed E-state index contributed by atoms with van der Waals surface area (Å²) in [7, 11) is 0. The summed E-state index contributed by atoms with van der Waals surface area (Å²) < 4.78 is 38.4. The summed E-state index contributed by atoms with van der Waals surface area (Å²) in [4.78, 5) is 13.2. The summed E-state index contributed by atoms with van der Waals surface area (Å²) in [6, 6.07) is 4.86. The summed E-state index contributed by atoms with van der Waals surface area (Å²) in [5.41, 5.74) is -0.580. The fraction of sp³-hybridized carbons (Fsp3) is 0.529. The second-order valence-electron chi connectivity index (χ2n) is 6.75. The molecule has 1 fully saturated rings. The first kappa shape index (κ1) is 18.3. The summed E-state index contributed by atoms with van der Waals surface area (Å²) in [6.45, 7) is 2.09. The number of halogens is 3. The first-order chi connectivity index (χ1) is 12.3. The molecule has 2 aromatic rings. The van der Waals surface area contributed by atoms with E-state index in [1.807, 2.05) is 0 Å². The Morgan fingerprint density at radius 1 is 1.27 bits per heavy atom. The van der Waals surface area contributed by atoms with Gasteiger partial charge in [-0.2, -0.15) is 18.0 Å². The number of nitrogens with one attached hydrogen (secondary N) is 1. The standard InChI is InChI=1S/C17H20F3N5O/c1-11-5-7-14(8-6-11)21-15(26)10-25-23-16(22-24-25)12-3-2-4-13(9-12)17(18,19)20/h2-4,9,11,14H,5-8,10H2,1H3,(H,21,26). The molecule has 3 rings (SSSR count). The lowest BCUT2D eigenvalue weighted by Gasteiger charge is -2.26. The van der Waals surface area contributed by atoms with Gasteiger partial charge in [0.05, 0.1) is 5.56 Å². The van der Waals surface area contributed by atoms with E-state index in [-0.39, 0.29) is 29.9 Å². The number of carbonyl (C=O) groups excluding carboxylic acids is 1. The lowest BCUT2D eigenvalue weighted by Crippen LogP contribution is -2.39. The molecule has 140 valence electrons. The van der Waals surface area contributed by atoms with E-state index < -0.39 is 11.7 Å². The van der Waals surface area contributed by atoms with Crippen LogP contribution in [0.2, 0.25) is 0 Å². The molecule has 1 aromatic heterocycles. The first-order valence-electron chi connectivity index (χ1n) is 8.56. The van der Waals surface area contributed by atoms with Gasteiger partial charge in [-0.25, -0.2) is 0 Å². The second kappa shape index (κ2) is 7.43. The van der Waals surface area contributed by atoms with Gasteiger partial charge in [0.15, 0.2) is 0 Å². The van der Waals surface area contributed by atoms with Crippen LogP contribution in [0.25, 0.3) is 11.4 Å². The highest BCUT2D eigenvalue weighted by Crippen LogP contribution is 2.31. The maximum atomic E-state index is 12.8. The minimum Gasteiger partial charge on any atom is -0.352 e. The van der Waals surface area contributed by atoms with Crippen molar-refractivity contribution in [1.82, 2.24) is 25.5 Å². The van der Waals surface area contributed by atoms with E-state index in [0.29, 0.717) is 5.92 Å². The van der Waals surface area contributed by atoms with Gasteiger partial charge in [-0.3, -0.25) is 4.79 Å². The molecular weight excluding hydrogens is 347 g/mol. The molecule has 0 spiro atoms. The van der Waals surface area contributed by atoms with Gasteiger partial charge in [-0.15, -0.1) is 10.2 Å². The Hall–Kier alpha value is -2.45. The van der Waals surface area contributed by atoms with Gasteiger partial charge in [0, 0.05) is 11.6 Å². The predicted octanol–water partition coefficient (Wildman–Crippen LogP) is 3.05. The Labute approximate surface area is 148 Å². The summed E-state index contributed by atoms with van der Waals surface area (Å²) in [5.74, 6) is 0.517. The van der Waals surface area contributed by atoms with Crippen molar-refractivity contribution < 1.29 is 18.0 Å². The number of alkyl halides is 3. The van der Waals surface area contributed by atoms with Crippen LogP contribution < -0.4 is 5.32 Å². The van der Waals surface area contributed by atoms with Crippen LogP contribution >= 0.6 is 0 Å². The lowest BCUT2D eigenvalue weighted by molar-refractivity contribution is -0.137. The number of amides is 1. The van der Waals surface area contributed by atoms with Gasteiger partial charge in [0.1, 0.15) is 6.54 Å². The molecule has 1 aromatic carbocycles. The Kier molecular flexibility index (Phi) is 5.24. The molecule has 0 unspecified atom stereocenters. The molecule has 1 amide bonds. The first-order valence-corrected chi connectivity index (χ1v) is 8.56. The highest BCUT2D eigenvalue weighted by Gasteiger charge is 2.30. The summed E-state index contributed by atoms with van der Waals surface area (Å²) in [5, 5.41) is 14.5. The van der Waals surface area contributed by atoms with Crippen molar-refractivity contribution in [1.29, 1.82) is 0 Å². The van der Waals surface area contributed by atoms with Crippen molar-refractivity contribution in [3.63, 3.8) is 0 Å². The van der Waals surface area contributed by atoms with Crippen molar-refractivity contribution in [2.45, 2.75) is 51.4 Å². The molecule has 6 nitrogen and oxygen atoms in total. The van der Waals surface area contributed by atoms with Crippen LogP contribution in [0.5, 0.6) is 0 Å². The topological polar surface area (TPSA) is 72.7 Å². The molecule has 1 saturated carbocycles. The molecule has 0 aliphatic heterocycles. The quantitative estimate of drug-likeness (QED) is 0.902. The molecule has 26 heavy (non-hydrogen) atoms. The van der Waals surface area contributed by atoms with Crippen LogP contribution in [0.3, 0.4) is 0 Å². The molecule has 0 atom stereocenters. The number of nitrogens with zero attached hydrogens (tertiary/aromatic N) is 4. The molecule has 0 bridgehead atoms. The van der Waals surface area contributed by atoms with Crippen molar-refractivity contribution >= 4 is 5.91 Å². The molecule has 0 saturated heterocycles. The summed E-state index contributed by atoms with van der Waals surface area (Å²) >= 11 is 0. The molecule has 0 radical (unpaired) electrons. The van der Waals surface area contributed by atoms with Gasteiger partial charge >= 0.3 is 6.18 Å². The Bertz CT molecular complexity index is 766. The van der Waals surface area contributed by atoms with E-state index in [9.17, 15) is 18.0 Å². The maximum Gasteiger partial charge on any atom is 0.416 e. The van der Waals surface area contributed by atoms with E-state index >= 15 is 0 Å². The predicted molar refractivity (Wildman–Crippen MR) is 87.8 cm³/mol. The molecular formula is C17H20F3N5O. The minimum atomic E-state index is -4.44. The van der Waals surface area contributed by atoms with Gasteiger partial charge < -0.3 is 5.32 Å². The average molecular weight is 367 g/mol. The zero-order valence-electron chi connectivity index (χ0n) is 14.3. The monoisotopic (exact) mass is 367 g/mol. The second-order valence-corrected chi connectivity index (χ2v) is 6.75. The number of rotatable bonds is 4. The van der Waals surface area contributed by atoms with Crippen molar-refractivity contribution in [2.24, 2.45) is 5.92 Å². The Morgan fingerprint density at radius 2 is 2.00 bits per heavy atom.